The summed E-state index contributed by atoms with van der Waals surface area (Å²) in [5.41, 5.74) is 4.82. The first kappa shape index (κ1) is 17.7. The van der Waals surface area contributed by atoms with Crippen molar-refractivity contribution in [3.8, 4) is 5.75 Å². The van der Waals surface area contributed by atoms with Crippen LogP contribution in [0.5, 0.6) is 5.75 Å². The first-order valence-corrected chi connectivity index (χ1v) is 7.97. The van der Waals surface area contributed by atoms with Crippen LogP contribution in [-0.4, -0.2) is 29.4 Å². The molecular formula is C16H14IN3O4. The number of rotatable bonds is 4. The number of phenolic OH excluding ortho intramolecular Hbond substituents is 1. The van der Waals surface area contributed by atoms with E-state index in [-0.39, 0.29) is 23.8 Å². The summed E-state index contributed by atoms with van der Waals surface area (Å²) < 4.78 is 0.765. The largest absolute Gasteiger partial charge is 0.507 e. The van der Waals surface area contributed by atoms with E-state index in [0.717, 1.165) is 3.57 Å². The summed E-state index contributed by atoms with van der Waals surface area (Å²) in [5, 5.41) is 12.0. The summed E-state index contributed by atoms with van der Waals surface area (Å²) >= 11 is 2.03. The number of para-hydroxylation sites is 1. The van der Waals surface area contributed by atoms with E-state index in [4.69, 9.17) is 0 Å². The summed E-state index contributed by atoms with van der Waals surface area (Å²) in [7, 11) is 0. The molecule has 2 rings (SSSR count). The van der Waals surface area contributed by atoms with Crippen LogP contribution >= 0.6 is 22.6 Å². The second-order valence-electron chi connectivity index (χ2n) is 4.68. The lowest BCUT2D eigenvalue weighted by molar-refractivity contribution is -0.120. The van der Waals surface area contributed by atoms with E-state index < -0.39 is 11.8 Å². The summed E-state index contributed by atoms with van der Waals surface area (Å²) in [6, 6.07) is 12.9. The highest BCUT2D eigenvalue weighted by atomic mass is 127. The van der Waals surface area contributed by atoms with E-state index in [1.54, 1.807) is 36.4 Å². The molecule has 124 valence electrons. The maximum atomic E-state index is 12.0. The Morgan fingerprint density at radius 3 is 2.17 bits per heavy atom. The van der Waals surface area contributed by atoms with Crippen LogP contribution in [0.3, 0.4) is 0 Å². The SMILES string of the molecule is O=C(CNC(=O)c1ccccc1I)NNC(=O)c1ccccc1O. The minimum absolute atomic E-state index is 0.0284. The quantitative estimate of drug-likeness (QED) is 0.424. The van der Waals surface area contributed by atoms with Crippen molar-refractivity contribution in [2.24, 2.45) is 0 Å². The van der Waals surface area contributed by atoms with Gasteiger partial charge in [0, 0.05) is 3.57 Å². The zero-order valence-electron chi connectivity index (χ0n) is 12.4. The van der Waals surface area contributed by atoms with Gasteiger partial charge in [-0.05, 0) is 46.9 Å². The third-order valence-electron chi connectivity index (χ3n) is 2.99. The molecule has 0 aliphatic heterocycles. The number of halogens is 1. The van der Waals surface area contributed by atoms with Crippen molar-refractivity contribution in [2.75, 3.05) is 6.54 Å². The molecule has 0 aliphatic carbocycles. The predicted octanol–water partition coefficient (Wildman–Crippen LogP) is 1.19. The molecule has 0 aromatic heterocycles. The molecule has 0 unspecified atom stereocenters. The normalized spacial score (nSPS) is 9.88. The van der Waals surface area contributed by atoms with Gasteiger partial charge in [-0.1, -0.05) is 24.3 Å². The van der Waals surface area contributed by atoms with Crippen LogP contribution in [0.15, 0.2) is 48.5 Å². The Hall–Kier alpha value is -2.62. The minimum atomic E-state index is -0.662. The summed E-state index contributed by atoms with van der Waals surface area (Å²) in [5.74, 6) is -1.85. The van der Waals surface area contributed by atoms with Crippen LogP contribution in [0.4, 0.5) is 0 Å². The monoisotopic (exact) mass is 439 g/mol. The zero-order chi connectivity index (χ0) is 17.5. The lowest BCUT2D eigenvalue weighted by atomic mass is 10.2. The number of nitrogens with one attached hydrogen (secondary N) is 3. The van der Waals surface area contributed by atoms with Gasteiger partial charge in [-0.2, -0.15) is 0 Å². The first-order valence-electron chi connectivity index (χ1n) is 6.89. The molecule has 0 heterocycles. The average molecular weight is 439 g/mol. The third-order valence-corrected chi connectivity index (χ3v) is 3.93. The lowest BCUT2D eigenvalue weighted by Gasteiger charge is -2.09. The molecule has 8 heteroatoms. The van der Waals surface area contributed by atoms with Crippen molar-refractivity contribution in [1.29, 1.82) is 0 Å². The van der Waals surface area contributed by atoms with Gasteiger partial charge in [0.1, 0.15) is 5.75 Å². The van der Waals surface area contributed by atoms with Crippen LogP contribution < -0.4 is 16.2 Å². The summed E-state index contributed by atoms with van der Waals surface area (Å²) in [6.07, 6.45) is 0. The van der Waals surface area contributed by atoms with Gasteiger partial charge in [0.25, 0.3) is 17.7 Å². The fraction of sp³-hybridized carbons (Fsp3) is 0.0625. The van der Waals surface area contributed by atoms with Crippen LogP contribution in [0, 0.1) is 3.57 Å². The van der Waals surface area contributed by atoms with E-state index >= 15 is 0 Å². The standard InChI is InChI=1S/C16H14IN3O4/c17-12-7-3-1-5-10(12)15(23)18-9-14(22)19-20-16(24)11-6-2-4-8-13(11)21/h1-8,21H,9H2,(H,18,23)(H,19,22)(H,20,24). The molecule has 0 radical (unpaired) electrons. The van der Waals surface area contributed by atoms with Crippen molar-refractivity contribution in [2.45, 2.75) is 0 Å². The maximum absolute atomic E-state index is 12.0. The van der Waals surface area contributed by atoms with Gasteiger partial charge >= 0.3 is 0 Å². The molecule has 2 aromatic carbocycles. The molecule has 0 fully saturated rings. The number of amides is 3. The molecule has 0 spiro atoms. The summed E-state index contributed by atoms with van der Waals surface area (Å²) in [4.78, 5) is 35.4. The minimum Gasteiger partial charge on any atom is -0.507 e. The smallest absolute Gasteiger partial charge is 0.273 e. The number of carbonyl (C=O) groups excluding carboxylic acids is 3. The third kappa shape index (κ3) is 4.69. The number of aromatic hydroxyl groups is 1. The fourth-order valence-corrected chi connectivity index (χ4v) is 2.44. The topological polar surface area (TPSA) is 108 Å². The maximum Gasteiger partial charge on any atom is 0.273 e. The van der Waals surface area contributed by atoms with Crippen molar-refractivity contribution in [1.82, 2.24) is 16.2 Å². The van der Waals surface area contributed by atoms with Gasteiger partial charge in [-0.15, -0.1) is 0 Å². The lowest BCUT2D eigenvalue weighted by Crippen LogP contribution is -2.46. The second kappa shape index (κ2) is 8.29. The van der Waals surface area contributed by atoms with Crippen molar-refractivity contribution in [3.63, 3.8) is 0 Å². The number of carbonyl (C=O) groups is 3. The molecular weight excluding hydrogens is 425 g/mol. The van der Waals surface area contributed by atoms with E-state index in [2.05, 4.69) is 16.2 Å². The Kier molecular flexibility index (Phi) is 6.13. The number of hydrazine groups is 1. The Bertz CT molecular complexity index is 716. The van der Waals surface area contributed by atoms with E-state index in [1.807, 2.05) is 22.6 Å². The Morgan fingerprint density at radius 1 is 0.875 bits per heavy atom. The van der Waals surface area contributed by atoms with Crippen LogP contribution in [0.25, 0.3) is 0 Å². The van der Waals surface area contributed by atoms with Gasteiger partial charge in [0.2, 0.25) is 0 Å². The van der Waals surface area contributed by atoms with Crippen LogP contribution in [0.1, 0.15) is 20.7 Å². The predicted molar refractivity (Wildman–Crippen MR) is 95.2 cm³/mol. The molecule has 3 amide bonds. The number of hydrogen-bond acceptors (Lipinski definition) is 4. The highest BCUT2D eigenvalue weighted by Crippen LogP contribution is 2.14. The fourth-order valence-electron chi connectivity index (χ4n) is 1.80. The number of hydrogen-bond donors (Lipinski definition) is 4. The van der Waals surface area contributed by atoms with Crippen molar-refractivity contribution in [3.05, 3.63) is 63.2 Å². The molecule has 4 N–H and O–H groups in total. The number of benzene rings is 2. The Balaban J connectivity index is 1.82. The van der Waals surface area contributed by atoms with Crippen molar-refractivity contribution >= 4 is 40.3 Å². The van der Waals surface area contributed by atoms with Crippen molar-refractivity contribution < 1.29 is 19.5 Å². The van der Waals surface area contributed by atoms with Gasteiger partial charge < -0.3 is 10.4 Å². The summed E-state index contributed by atoms with van der Waals surface area (Å²) in [6.45, 7) is -0.301. The Morgan fingerprint density at radius 2 is 1.50 bits per heavy atom. The molecule has 24 heavy (non-hydrogen) atoms. The highest BCUT2D eigenvalue weighted by Gasteiger charge is 2.13. The van der Waals surface area contributed by atoms with E-state index in [0.29, 0.717) is 5.56 Å². The number of phenols is 1. The molecule has 0 saturated carbocycles. The van der Waals surface area contributed by atoms with Gasteiger partial charge in [-0.25, -0.2) is 0 Å². The molecule has 0 aliphatic rings. The van der Waals surface area contributed by atoms with Crippen LogP contribution in [-0.2, 0) is 4.79 Å². The van der Waals surface area contributed by atoms with E-state index in [9.17, 15) is 19.5 Å². The van der Waals surface area contributed by atoms with Gasteiger partial charge in [0.05, 0.1) is 17.7 Å². The molecule has 0 saturated heterocycles. The van der Waals surface area contributed by atoms with Gasteiger partial charge in [0.15, 0.2) is 0 Å². The van der Waals surface area contributed by atoms with Crippen LogP contribution in [0.2, 0.25) is 0 Å². The van der Waals surface area contributed by atoms with Gasteiger partial charge in [-0.3, -0.25) is 25.2 Å². The molecule has 0 atom stereocenters. The molecule has 7 nitrogen and oxygen atoms in total. The first-order chi connectivity index (χ1) is 11.5. The van der Waals surface area contributed by atoms with E-state index in [1.165, 1.54) is 12.1 Å². The molecule has 2 aromatic rings. The highest BCUT2D eigenvalue weighted by molar-refractivity contribution is 14.1. The molecule has 0 bridgehead atoms. The zero-order valence-corrected chi connectivity index (χ0v) is 14.5. The Labute approximate surface area is 151 Å². The average Bonchev–Trinajstić information content (AvgIpc) is 2.58. The second-order valence-corrected chi connectivity index (χ2v) is 5.84.